The van der Waals surface area contributed by atoms with E-state index in [1.54, 1.807) is 23.1 Å². The van der Waals surface area contributed by atoms with Crippen LogP contribution in [0.25, 0.3) is 16.3 Å². The van der Waals surface area contributed by atoms with Gasteiger partial charge in [-0.15, -0.1) is 0 Å². The Labute approximate surface area is 246 Å². The Balaban J connectivity index is 1.31. The molecular formula is C31H25Cl2N2O2S2+. The minimum atomic E-state index is 0.542. The van der Waals surface area contributed by atoms with Gasteiger partial charge in [-0.2, -0.15) is 4.57 Å². The van der Waals surface area contributed by atoms with Gasteiger partial charge in [-0.1, -0.05) is 82.7 Å². The zero-order chi connectivity index (χ0) is 26.6. The molecule has 4 nitrogen and oxygen atoms in total. The van der Waals surface area contributed by atoms with Crippen molar-refractivity contribution in [1.82, 2.24) is 0 Å². The van der Waals surface area contributed by atoms with Crippen LogP contribution in [0.5, 0.6) is 11.5 Å². The van der Waals surface area contributed by atoms with Crippen molar-refractivity contribution in [3.05, 3.63) is 117 Å². The van der Waals surface area contributed by atoms with Gasteiger partial charge in [0.1, 0.15) is 29.4 Å². The van der Waals surface area contributed by atoms with Crippen LogP contribution < -0.4 is 18.9 Å². The molecule has 0 amide bonds. The van der Waals surface area contributed by atoms with Gasteiger partial charge < -0.3 is 14.4 Å². The fourth-order valence-corrected chi connectivity index (χ4v) is 7.09. The molecule has 2 heterocycles. The summed E-state index contributed by atoms with van der Waals surface area (Å²) in [6, 6.07) is 31.9. The summed E-state index contributed by atoms with van der Waals surface area (Å²) in [7, 11) is 0. The second kappa shape index (κ2) is 11.9. The number of hydrogen-bond acceptors (Lipinski definition) is 5. The summed E-state index contributed by atoms with van der Waals surface area (Å²) in [6.07, 6.45) is 2.25. The molecule has 39 heavy (non-hydrogen) atoms. The standard InChI is InChI=1S/C31H25Cl2N2O2S2/c32-22-11-13-28-26(19-22)34(15-17-36-24-7-3-1-4-8-24)30(38-28)21-31-35(16-18-37-25-9-5-2-6-10-25)27-20-23(33)12-14-29(27)39-31/h1-14,19-21H,15-18H2/q+1. The van der Waals surface area contributed by atoms with Gasteiger partial charge in [0, 0.05) is 21.0 Å². The first-order valence-electron chi connectivity index (χ1n) is 12.6. The smallest absolute Gasteiger partial charge is 0.265 e. The average molecular weight is 593 g/mol. The summed E-state index contributed by atoms with van der Waals surface area (Å²) < 4.78 is 15.6. The monoisotopic (exact) mass is 591 g/mol. The maximum atomic E-state index is 6.41. The molecule has 1 aliphatic heterocycles. The zero-order valence-electron chi connectivity index (χ0n) is 20.9. The molecule has 8 heteroatoms. The predicted molar refractivity (Wildman–Crippen MR) is 164 cm³/mol. The molecule has 0 bridgehead atoms. The van der Waals surface area contributed by atoms with E-state index in [0.717, 1.165) is 32.7 Å². The molecule has 1 aromatic heterocycles. The van der Waals surface area contributed by atoms with Crippen LogP contribution >= 0.6 is 46.3 Å². The molecule has 5 aromatic rings. The van der Waals surface area contributed by atoms with Crippen LogP contribution in [-0.2, 0) is 6.54 Å². The number of ether oxygens (including phenoxy) is 2. The lowest BCUT2D eigenvalue weighted by molar-refractivity contribution is -0.669. The van der Waals surface area contributed by atoms with E-state index in [9.17, 15) is 0 Å². The number of benzene rings is 4. The molecule has 1 aliphatic rings. The maximum absolute atomic E-state index is 6.41. The van der Waals surface area contributed by atoms with E-state index < -0.39 is 0 Å². The lowest BCUT2D eigenvalue weighted by atomic mass is 10.3. The molecule has 196 valence electrons. The van der Waals surface area contributed by atoms with Crippen molar-refractivity contribution in [3.63, 3.8) is 0 Å². The SMILES string of the molecule is Clc1ccc2c(c1)N(CCOc1ccccc1)C(=Cc1sc3ccc(Cl)cc3[n+]1CCOc1ccccc1)S2. The Bertz CT molecular complexity index is 1620. The summed E-state index contributed by atoms with van der Waals surface area (Å²) in [5.74, 6) is 1.72. The third kappa shape index (κ3) is 6.04. The second-order valence-electron chi connectivity index (χ2n) is 8.88. The predicted octanol–water partition coefficient (Wildman–Crippen LogP) is 8.56. The van der Waals surface area contributed by atoms with Gasteiger partial charge in [-0.05, 0) is 54.6 Å². The number of thioether (sulfide) groups is 1. The summed E-state index contributed by atoms with van der Waals surface area (Å²) in [5, 5.41) is 3.68. The van der Waals surface area contributed by atoms with Crippen LogP contribution in [0.3, 0.4) is 0 Å². The first-order chi connectivity index (χ1) is 19.1. The first-order valence-corrected chi connectivity index (χ1v) is 15.0. The van der Waals surface area contributed by atoms with E-state index in [-0.39, 0.29) is 0 Å². The van der Waals surface area contributed by atoms with Gasteiger partial charge >= 0.3 is 0 Å². The highest BCUT2D eigenvalue weighted by molar-refractivity contribution is 8.03. The van der Waals surface area contributed by atoms with Crippen LogP contribution in [0.4, 0.5) is 5.69 Å². The highest BCUT2D eigenvalue weighted by Crippen LogP contribution is 2.47. The molecule has 0 spiro atoms. The van der Waals surface area contributed by atoms with E-state index in [1.807, 2.05) is 84.9 Å². The number of fused-ring (bicyclic) bond motifs is 2. The second-order valence-corrected chi connectivity index (χ2v) is 11.9. The molecular weight excluding hydrogens is 567 g/mol. The van der Waals surface area contributed by atoms with Crippen LogP contribution in [0.15, 0.2) is 107 Å². The Kier molecular flexibility index (Phi) is 7.98. The number of rotatable bonds is 9. The van der Waals surface area contributed by atoms with Crippen molar-refractivity contribution in [2.75, 3.05) is 24.7 Å². The Hall–Kier alpha value is -3.16. The molecule has 0 aliphatic carbocycles. The molecule has 0 saturated heterocycles. The molecule has 0 fully saturated rings. The number of hydrogen-bond donors (Lipinski definition) is 0. The van der Waals surface area contributed by atoms with E-state index in [1.165, 1.54) is 9.60 Å². The summed E-state index contributed by atoms with van der Waals surface area (Å²) in [5.41, 5.74) is 2.19. The van der Waals surface area contributed by atoms with Gasteiger partial charge in [-0.25, -0.2) is 0 Å². The molecule has 0 N–H and O–H groups in total. The molecule has 0 unspecified atom stereocenters. The average Bonchev–Trinajstić information content (AvgIpc) is 3.46. The lowest BCUT2D eigenvalue weighted by Gasteiger charge is -2.20. The molecule has 0 atom stereocenters. The van der Waals surface area contributed by atoms with Crippen LogP contribution in [0.1, 0.15) is 5.01 Å². The molecule has 6 rings (SSSR count). The quantitative estimate of drug-likeness (QED) is 0.160. The number of anilines is 1. The number of para-hydroxylation sites is 2. The lowest BCUT2D eigenvalue weighted by Crippen LogP contribution is -2.38. The molecule has 0 radical (unpaired) electrons. The third-order valence-corrected chi connectivity index (χ3v) is 8.98. The number of nitrogens with zero attached hydrogens (tertiary/aromatic N) is 2. The Morgan fingerprint density at radius 1 is 0.769 bits per heavy atom. The topological polar surface area (TPSA) is 25.6 Å². The normalized spacial score (nSPS) is 13.7. The highest BCUT2D eigenvalue weighted by Gasteiger charge is 2.28. The van der Waals surface area contributed by atoms with Crippen LogP contribution in [0.2, 0.25) is 10.0 Å². The summed E-state index contributed by atoms with van der Waals surface area (Å²) >= 11 is 16.3. The zero-order valence-corrected chi connectivity index (χ0v) is 24.1. The van der Waals surface area contributed by atoms with Crippen LogP contribution in [-0.4, -0.2) is 19.8 Å². The van der Waals surface area contributed by atoms with E-state index in [0.29, 0.717) is 36.3 Å². The number of halogens is 2. The Morgan fingerprint density at radius 3 is 2.18 bits per heavy atom. The first kappa shape index (κ1) is 26.1. The van der Waals surface area contributed by atoms with Gasteiger partial charge in [0.2, 0.25) is 5.52 Å². The number of thiazole rings is 1. The van der Waals surface area contributed by atoms with E-state index in [4.69, 9.17) is 32.7 Å². The molecule has 0 saturated carbocycles. The fourth-order valence-electron chi connectivity index (χ4n) is 4.47. The Morgan fingerprint density at radius 2 is 1.44 bits per heavy atom. The minimum absolute atomic E-state index is 0.542. The maximum Gasteiger partial charge on any atom is 0.265 e. The van der Waals surface area contributed by atoms with Crippen molar-refractivity contribution in [1.29, 1.82) is 0 Å². The van der Waals surface area contributed by atoms with Gasteiger partial charge in [-0.3, -0.25) is 0 Å². The molecule has 4 aromatic carbocycles. The van der Waals surface area contributed by atoms with Crippen LogP contribution in [0, 0.1) is 0 Å². The van der Waals surface area contributed by atoms with E-state index >= 15 is 0 Å². The van der Waals surface area contributed by atoms with Gasteiger partial charge in [0.15, 0.2) is 6.54 Å². The summed E-state index contributed by atoms with van der Waals surface area (Å²) in [4.78, 5) is 3.46. The van der Waals surface area contributed by atoms with E-state index in [2.05, 4.69) is 27.7 Å². The largest absolute Gasteiger partial charge is 0.492 e. The summed E-state index contributed by atoms with van der Waals surface area (Å²) in [6.45, 7) is 2.46. The minimum Gasteiger partial charge on any atom is -0.492 e. The highest BCUT2D eigenvalue weighted by atomic mass is 35.5. The van der Waals surface area contributed by atoms with Crippen molar-refractivity contribution in [2.45, 2.75) is 11.4 Å². The number of aromatic nitrogens is 1. The van der Waals surface area contributed by atoms with Crippen molar-refractivity contribution in [2.24, 2.45) is 0 Å². The van der Waals surface area contributed by atoms with Crippen molar-refractivity contribution < 1.29 is 14.0 Å². The van der Waals surface area contributed by atoms with Crippen molar-refractivity contribution in [3.8, 4) is 11.5 Å². The van der Waals surface area contributed by atoms with Gasteiger partial charge in [0.05, 0.1) is 23.3 Å². The third-order valence-electron chi connectivity index (χ3n) is 6.29. The van der Waals surface area contributed by atoms with Gasteiger partial charge in [0.25, 0.3) is 5.01 Å². The van der Waals surface area contributed by atoms with Crippen molar-refractivity contribution >= 4 is 68.3 Å². The fraction of sp³-hybridized carbons (Fsp3) is 0.129.